The van der Waals surface area contributed by atoms with E-state index in [2.05, 4.69) is 21.4 Å². The van der Waals surface area contributed by atoms with Crippen LogP contribution < -0.4 is 21.5 Å². The van der Waals surface area contributed by atoms with Gasteiger partial charge in [-0.05, 0) is 24.6 Å². The summed E-state index contributed by atoms with van der Waals surface area (Å²) in [7, 11) is 0. The van der Waals surface area contributed by atoms with Gasteiger partial charge < -0.3 is 16.0 Å². The van der Waals surface area contributed by atoms with Crippen LogP contribution in [0, 0.1) is 11.3 Å². The summed E-state index contributed by atoms with van der Waals surface area (Å²) in [5, 5.41) is 17.0. The minimum atomic E-state index is -0.343. The first-order chi connectivity index (χ1) is 16.1. The summed E-state index contributed by atoms with van der Waals surface area (Å²) < 4.78 is 2.97. The van der Waals surface area contributed by atoms with Gasteiger partial charge >= 0.3 is 0 Å². The Kier molecular flexibility index (Phi) is 3.97. The highest BCUT2D eigenvalue weighted by Crippen LogP contribution is 2.39. The van der Waals surface area contributed by atoms with Gasteiger partial charge in [0.15, 0.2) is 5.82 Å². The number of amides is 1. The average molecular weight is 439 g/mol. The fraction of sp³-hybridized carbons (Fsp3) is 0.182. The third-order valence-corrected chi connectivity index (χ3v) is 6.06. The maximum atomic E-state index is 13.6. The maximum Gasteiger partial charge on any atom is 0.283 e. The van der Waals surface area contributed by atoms with E-state index >= 15 is 0 Å². The Hall–Kier alpha value is -4.72. The summed E-state index contributed by atoms with van der Waals surface area (Å²) in [6.45, 7) is 0.907. The lowest BCUT2D eigenvalue weighted by molar-refractivity contribution is 0.0965. The molecule has 162 valence electrons. The molecule has 0 spiro atoms. The van der Waals surface area contributed by atoms with Gasteiger partial charge in [0, 0.05) is 12.7 Å². The quantitative estimate of drug-likeness (QED) is 0.479. The van der Waals surface area contributed by atoms with Gasteiger partial charge in [-0.2, -0.15) is 15.3 Å². The van der Waals surface area contributed by atoms with Crippen LogP contribution in [-0.2, 0) is 6.54 Å². The van der Waals surface area contributed by atoms with E-state index in [0.717, 1.165) is 0 Å². The van der Waals surface area contributed by atoms with Gasteiger partial charge in [0.05, 0.1) is 29.5 Å². The van der Waals surface area contributed by atoms with Crippen molar-refractivity contribution in [1.29, 1.82) is 5.26 Å². The molecular formula is C22H17N9O2. The average Bonchev–Trinajstić information content (AvgIpc) is 3.37. The lowest BCUT2D eigenvalue weighted by atomic mass is 10.0. The highest BCUT2D eigenvalue weighted by molar-refractivity contribution is 6.02. The van der Waals surface area contributed by atoms with E-state index in [4.69, 9.17) is 10.8 Å². The molecule has 3 N–H and O–H groups in total. The molecule has 1 atom stereocenters. The van der Waals surface area contributed by atoms with Gasteiger partial charge in [0.2, 0.25) is 5.95 Å². The molecule has 1 aromatic carbocycles. The number of benzene rings is 1. The van der Waals surface area contributed by atoms with Crippen molar-refractivity contribution in [2.45, 2.75) is 19.0 Å². The van der Waals surface area contributed by atoms with Crippen LogP contribution in [0.15, 0.2) is 47.4 Å². The van der Waals surface area contributed by atoms with Crippen molar-refractivity contribution in [2.24, 2.45) is 0 Å². The second-order valence-electron chi connectivity index (χ2n) is 7.88. The smallest absolute Gasteiger partial charge is 0.283 e. The van der Waals surface area contributed by atoms with Crippen LogP contribution in [0.25, 0.3) is 11.2 Å². The van der Waals surface area contributed by atoms with E-state index in [1.807, 2.05) is 35.2 Å². The highest BCUT2D eigenvalue weighted by atomic mass is 16.2. The summed E-state index contributed by atoms with van der Waals surface area (Å²) in [4.78, 5) is 36.5. The molecule has 33 heavy (non-hydrogen) atoms. The van der Waals surface area contributed by atoms with E-state index in [9.17, 15) is 14.9 Å². The van der Waals surface area contributed by atoms with Gasteiger partial charge in [0.25, 0.3) is 11.5 Å². The second kappa shape index (κ2) is 6.89. The standard InChI is InChI=1S/C22H17N9O2/c23-10-12-6-9-30-17(12)21(33)31(13-4-2-1-3-5-13)18(28-30)15-7-8-29(15)19-16-14(11-25-20(16)32)26-22(24)27-19/h1-6,9,15H,7-8,11H2,(H,25,32)(H2,24,26,27)/t15-/m0/s1. The number of nitrogen functional groups attached to an aromatic ring is 1. The minimum absolute atomic E-state index is 0.0823. The predicted molar refractivity (Wildman–Crippen MR) is 118 cm³/mol. The highest BCUT2D eigenvalue weighted by Gasteiger charge is 2.39. The molecule has 11 heteroatoms. The molecule has 2 aliphatic rings. The molecule has 1 amide bonds. The van der Waals surface area contributed by atoms with Gasteiger partial charge in [0.1, 0.15) is 23.0 Å². The summed E-state index contributed by atoms with van der Waals surface area (Å²) in [6.07, 6.45) is 2.29. The van der Waals surface area contributed by atoms with Crippen molar-refractivity contribution in [3.05, 3.63) is 75.6 Å². The van der Waals surface area contributed by atoms with Gasteiger partial charge in [-0.15, -0.1) is 0 Å². The number of hydrogen-bond acceptors (Lipinski definition) is 8. The van der Waals surface area contributed by atoms with E-state index in [1.54, 1.807) is 12.3 Å². The van der Waals surface area contributed by atoms with E-state index in [1.165, 1.54) is 9.08 Å². The fourth-order valence-corrected chi connectivity index (χ4v) is 4.46. The predicted octanol–water partition coefficient (Wildman–Crippen LogP) is 0.924. The SMILES string of the molecule is N#Cc1ccn2nc([C@@H]3CCN3c3nc(N)nc4c3C(=O)NC4)n(-c3ccccc3)c(=O)c12. The van der Waals surface area contributed by atoms with E-state index < -0.39 is 0 Å². The van der Waals surface area contributed by atoms with Crippen molar-refractivity contribution < 1.29 is 4.79 Å². The fourth-order valence-electron chi connectivity index (χ4n) is 4.46. The number of carbonyl (C=O) groups is 1. The number of carbonyl (C=O) groups excluding carboxylic acids is 1. The zero-order valence-electron chi connectivity index (χ0n) is 17.3. The third kappa shape index (κ3) is 2.71. The molecular weight excluding hydrogens is 422 g/mol. The number of para-hydroxylation sites is 1. The van der Waals surface area contributed by atoms with Crippen molar-refractivity contribution in [1.82, 2.24) is 29.5 Å². The van der Waals surface area contributed by atoms with Gasteiger partial charge in [-0.25, -0.2) is 9.50 Å². The largest absolute Gasteiger partial charge is 0.368 e. The van der Waals surface area contributed by atoms with Crippen molar-refractivity contribution in [2.75, 3.05) is 17.2 Å². The maximum absolute atomic E-state index is 13.6. The first-order valence-corrected chi connectivity index (χ1v) is 10.4. The first kappa shape index (κ1) is 19.0. The molecule has 11 nitrogen and oxygen atoms in total. The van der Waals surface area contributed by atoms with Crippen LogP contribution in [0.2, 0.25) is 0 Å². The summed E-state index contributed by atoms with van der Waals surface area (Å²) in [5.74, 6) is 0.745. The Bertz CT molecular complexity index is 1550. The summed E-state index contributed by atoms with van der Waals surface area (Å²) in [6, 6.07) is 12.5. The number of fused-ring (bicyclic) bond motifs is 2. The van der Waals surface area contributed by atoms with Crippen LogP contribution in [-0.4, -0.2) is 36.6 Å². The molecule has 5 heterocycles. The zero-order chi connectivity index (χ0) is 22.7. The van der Waals surface area contributed by atoms with Gasteiger partial charge in [-0.3, -0.25) is 14.2 Å². The summed E-state index contributed by atoms with van der Waals surface area (Å²) in [5.41, 5.74) is 7.64. The molecule has 0 bridgehead atoms. The van der Waals surface area contributed by atoms with Gasteiger partial charge in [-0.1, -0.05) is 18.2 Å². The van der Waals surface area contributed by atoms with Crippen LogP contribution in [0.3, 0.4) is 0 Å². The molecule has 1 saturated heterocycles. The van der Waals surface area contributed by atoms with Crippen LogP contribution in [0.5, 0.6) is 0 Å². The summed E-state index contributed by atoms with van der Waals surface area (Å²) >= 11 is 0. The molecule has 4 aromatic rings. The van der Waals surface area contributed by atoms with Crippen molar-refractivity contribution in [3.63, 3.8) is 0 Å². The molecule has 0 saturated carbocycles. The zero-order valence-corrected chi connectivity index (χ0v) is 17.3. The Morgan fingerprint density at radius 1 is 1.15 bits per heavy atom. The molecule has 2 aliphatic heterocycles. The Balaban J connectivity index is 1.57. The second-order valence-corrected chi connectivity index (χ2v) is 7.88. The minimum Gasteiger partial charge on any atom is -0.368 e. The Morgan fingerprint density at radius 3 is 2.70 bits per heavy atom. The Morgan fingerprint density at radius 2 is 1.97 bits per heavy atom. The number of hydrogen-bond donors (Lipinski definition) is 2. The number of anilines is 2. The lowest BCUT2D eigenvalue weighted by Crippen LogP contribution is -2.46. The van der Waals surface area contributed by atoms with E-state index in [0.29, 0.717) is 48.1 Å². The topological polar surface area (TPSA) is 147 Å². The van der Waals surface area contributed by atoms with Crippen molar-refractivity contribution in [3.8, 4) is 11.8 Å². The number of nitrogens with one attached hydrogen (secondary N) is 1. The molecule has 3 aromatic heterocycles. The molecule has 0 radical (unpaired) electrons. The molecule has 0 aliphatic carbocycles. The number of nitrogens with zero attached hydrogens (tertiary/aromatic N) is 7. The number of nitrogens with two attached hydrogens (primary N) is 1. The molecule has 6 rings (SSSR count). The monoisotopic (exact) mass is 439 g/mol. The van der Waals surface area contributed by atoms with E-state index in [-0.39, 0.29) is 34.5 Å². The van der Waals surface area contributed by atoms with Crippen LogP contribution >= 0.6 is 0 Å². The van der Waals surface area contributed by atoms with Crippen LogP contribution in [0.4, 0.5) is 11.8 Å². The Labute approximate surface area is 186 Å². The number of aromatic nitrogens is 5. The third-order valence-electron chi connectivity index (χ3n) is 6.06. The number of nitriles is 1. The van der Waals surface area contributed by atoms with Crippen LogP contribution in [0.1, 0.15) is 39.9 Å². The lowest BCUT2D eigenvalue weighted by Gasteiger charge is -2.42. The molecule has 1 fully saturated rings. The first-order valence-electron chi connectivity index (χ1n) is 10.4. The number of rotatable bonds is 3. The molecule has 0 unspecified atom stereocenters. The van der Waals surface area contributed by atoms with Crippen molar-refractivity contribution >= 4 is 23.2 Å². The normalized spacial score (nSPS) is 16.9.